The minimum Gasteiger partial charge on any atom is -0.365 e. The second-order valence-electron chi connectivity index (χ2n) is 4.71. The van der Waals surface area contributed by atoms with Gasteiger partial charge in [0.1, 0.15) is 6.10 Å². The van der Waals surface area contributed by atoms with Gasteiger partial charge in [-0.05, 0) is 19.3 Å². The van der Waals surface area contributed by atoms with E-state index in [2.05, 4.69) is 17.2 Å². The first-order chi connectivity index (χ1) is 8.54. The van der Waals surface area contributed by atoms with E-state index in [0.29, 0.717) is 6.42 Å². The van der Waals surface area contributed by atoms with E-state index >= 15 is 0 Å². The Bertz CT molecular complexity index is 367. The second-order valence-corrected chi connectivity index (χ2v) is 4.71. The predicted octanol–water partition coefficient (Wildman–Crippen LogP) is 1.29. The lowest BCUT2D eigenvalue weighted by Crippen LogP contribution is -2.46. The first-order valence-electron chi connectivity index (χ1n) is 6.36. The fourth-order valence-electron chi connectivity index (χ4n) is 2.09. The maximum atomic E-state index is 11.8. The number of amides is 1. The van der Waals surface area contributed by atoms with E-state index in [9.17, 15) is 9.59 Å². The van der Waals surface area contributed by atoms with Crippen molar-refractivity contribution in [2.45, 2.75) is 52.2 Å². The molecule has 0 aromatic carbocycles. The van der Waals surface area contributed by atoms with Gasteiger partial charge in [-0.2, -0.15) is 0 Å². The number of Topliss-reactive ketones (excluding diaryl/α,β-unsaturated/α-hetero) is 1. The summed E-state index contributed by atoms with van der Waals surface area (Å²) in [6.07, 6.45) is 1.71. The standard InChI is InChI=1S/C14H21NO3/c1-4-5-6-7-13-10(2)8-12(17)14(18-13)9-15-11(3)16/h10,13-14H,6-9H2,1-3H3,(H,15,16)/t10-,13-,14+/m1/s1. The van der Waals surface area contributed by atoms with Crippen LogP contribution in [0.25, 0.3) is 0 Å². The number of hydrogen-bond acceptors (Lipinski definition) is 3. The lowest BCUT2D eigenvalue weighted by atomic mass is 9.90. The molecule has 1 saturated heterocycles. The molecule has 1 heterocycles. The predicted molar refractivity (Wildman–Crippen MR) is 68.8 cm³/mol. The summed E-state index contributed by atoms with van der Waals surface area (Å²) in [6, 6.07) is 0. The number of ether oxygens (including phenoxy) is 1. The SMILES string of the molecule is CC#CCC[C@H]1O[C@@H](CNC(C)=O)C(=O)C[C@H]1C. The molecule has 1 amide bonds. The number of nitrogens with one attached hydrogen (secondary N) is 1. The summed E-state index contributed by atoms with van der Waals surface area (Å²) >= 11 is 0. The zero-order chi connectivity index (χ0) is 13.5. The number of ketones is 1. The van der Waals surface area contributed by atoms with Crippen LogP contribution in [0.3, 0.4) is 0 Å². The molecule has 0 aliphatic carbocycles. The molecule has 1 fully saturated rings. The van der Waals surface area contributed by atoms with Crippen LogP contribution in [0.1, 0.15) is 40.0 Å². The van der Waals surface area contributed by atoms with Gasteiger partial charge in [0.05, 0.1) is 12.6 Å². The lowest BCUT2D eigenvalue weighted by Gasteiger charge is -2.33. The molecule has 0 spiro atoms. The minimum atomic E-state index is -0.496. The molecule has 1 aliphatic rings. The third-order valence-corrected chi connectivity index (χ3v) is 3.12. The molecular weight excluding hydrogens is 230 g/mol. The van der Waals surface area contributed by atoms with Crippen LogP contribution in [-0.4, -0.2) is 30.4 Å². The van der Waals surface area contributed by atoms with Gasteiger partial charge in [-0.3, -0.25) is 9.59 Å². The van der Waals surface area contributed by atoms with Crippen LogP contribution in [0, 0.1) is 17.8 Å². The van der Waals surface area contributed by atoms with Gasteiger partial charge >= 0.3 is 0 Å². The first kappa shape index (κ1) is 14.7. The zero-order valence-electron chi connectivity index (χ0n) is 11.3. The Morgan fingerprint density at radius 3 is 2.89 bits per heavy atom. The molecule has 4 nitrogen and oxygen atoms in total. The molecule has 0 bridgehead atoms. The molecular formula is C14H21NO3. The highest BCUT2D eigenvalue weighted by Crippen LogP contribution is 2.25. The van der Waals surface area contributed by atoms with E-state index in [-0.39, 0.29) is 30.3 Å². The van der Waals surface area contributed by atoms with Crippen molar-refractivity contribution < 1.29 is 14.3 Å². The topological polar surface area (TPSA) is 55.4 Å². The van der Waals surface area contributed by atoms with Crippen LogP contribution in [0.2, 0.25) is 0 Å². The molecule has 0 radical (unpaired) electrons. The summed E-state index contributed by atoms with van der Waals surface area (Å²) in [5.74, 6) is 6.02. The van der Waals surface area contributed by atoms with Gasteiger partial charge < -0.3 is 10.1 Å². The molecule has 0 aromatic rings. The Morgan fingerprint density at radius 2 is 2.28 bits per heavy atom. The summed E-state index contributed by atoms with van der Waals surface area (Å²) in [4.78, 5) is 22.6. The Kier molecular flexibility index (Phi) is 5.87. The molecule has 100 valence electrons. The highest BCUT2D eigenvalue weighted by atomic mass is 16.5. The number of hydrogen-bond donors (Lipinski definition) is 1. The van der Waals surface area contributed by atoms with Crippen LogP contribution in [0.5, 0.6) is 0 Å². The van der Waals surface area contributed by atoms with E-state index in [1.807, 2.05) is 13.8 Å². The molecule has 1 rings (SSSR count). The maximum Gasteiger partial charge on any atom is 0.216 e. The van der Waals surface area contributed by atoms with Crippen LogP contribution in [0.4, 0.5) is 0 Å². The first-order valence-corrected chi connectivity index (χ1v) is 6.36. The van der Waals surface area contributed by atoms with Crippen LogP contribution >= 0.6 is 0 Å². The summed E-state index contributed by atoms with van der Waals surface area (Å²) < 4.78 is 5.78. The summed E-state index contributed by atoms with van der Waals surface area (Å²) in [5.41, 5.74) is 0. The van der Waals surface area contributed by atoms with E-state index in [0.717, 1.165) is 12.8 Å². The highest BCUT2D eigenvalue weighted by Gasteiger charge is 2.33. The minimum absolute atomic E-state index is 0.0577. The molecule has 0 aromatic heterocycles. The van der Waals surface area contributed by atoms with Crippen molar-refractivity contribution in [2.75, 3.05) is 6.54 Å². The van der Waals surface area contributed by atoms with Gasteiger partial charge in [-0.15, -0.1) is 11.8 Å². The van der Waals surface area contributed by atoms with Crippen LogP contribution < -0.4 is 5.32 Å². The normalized spacial score (nSPS) is 27.3. The molecule has 3 atom stereocenters. The van der Waals surface area contributed by atoms with Crippen molar-refractivity contribution in [3.05, 3.63) is 0 Å². The Hall–Kier alpha value is -1.34. The molecule has 1 aliphatic heterocycles. The molecule has 0 unspecified atom stereocenters. The average molecular weight is 251 g/mol. The molecule has 0 saturated carbocycles. The van der Waals surface area contributed by atoms with Gasteiger partial charge in [0, 0.05) is 19.8 Å². The second kappa shape index (κ2) is 7.17. The van der Waals surface area contributed by atoms with Crippen molar-refractivity contribution in [3.63, 3.8) is 0 Å². The summed E-state index contributed by atoms with van der Waals surface area (Å²) in [6.45, 7) is 5.55. The Balaban J connectivity index is 2.50. The van der Waals surface area contributed by atoms with Crippen LogP contribution in [0.15, 0.2) is 0 Å². The van der Waals surface area contributed by atoms with E-state index < -0.39 is 6.10 Å². The average Bonchev–Trinajstić information content (AvgIpc) is 2.30. The number of rotatable bonds is 4. The van der Waals surface area contributed by atoms with Crippen molar-refractivity contribution in [1.82, 2.24) is 5.32 Å². The van der Waals surface area contributed by atoms with E-state index in [1.54, 1.807) is 0 Å². The van der Waals surface area contributed by atoms with Gasteiger partial charge in [-0.25, -0.2) is 0 Å². The molecule has 18 heavy (non-hydrogen) atoms. The number of carbonyl (C=O) groups excluding carboxylic acids is 2. The van der Waals surface area contributed by atoms with Gasteiger partial charge in [0.2, 0.25) is 5.91 Å². The fraction of sp³-hybridized carbons (Fsp3) is 0.714. The van der Waals surface area contributed by atoms with E-state index in [1.165, 1.54) is 6.92 Å². The summed E-state index contributed by atoms with van der Waals surface area (Å²) in [7, 11) is 0. The summed E-state index contributed by atoms with van der Waals surface area (Å²) in [5, 5.41) is 2.64. The van der Waals surface area contributed by atoms with Gasteiger partial charge in [0.25, 0.3) is 0 Å². The smallest absolute Gasteiger partial charge is 0.216 e. The molecule has 4 heteroatoms. The maximum absolute atomic E-state index is 11.8. The largest absolute Gasteiger partial charge is 0.365 e. The molecule has 1 N–H and O–H groups in total. The third kappa shape index (κ3) is 4.50. The fourth-order valence-corrected chi connectivity index (χ4v) is 2.09. The number of carbonyl (C=O) groups is 2. The van der Waals surface area contributed by atoms with Crippen LogP contribution in [-0.2, 0) is 14.3 Å². The Morgan fingerprint density at radius 1 is 1.56 bits per heavy atom. The monoisotopic (exact) mass is 251 g/mol. The third-order valence-electron chi connectivity index (χ3n) is 3.12. The Labute approximate surface area is 108 Å². The van der Waals surface area contributed by atoms with Crippen molar-refractivity contribution >= 4 is 11.7 Å². The zero-order valence-corrected chi connectivity index (χ0v) is 11.3. The van der Waals surface area contributed by atoms with Crippen molar-refractivity contribution in [2.24, 2.45) is 5.92 Å². The lowest BCUT2D eigenvalue weighted by molar-refractivity contribution is -0.149. The highest BCUT2D eigenvalue weighted by molar-refractivity contribution is 5.85. The van der Waals surface area contributed by atoms with Crippen molar-refractivity contribution in [3.8, 4) is 11.8 Å². The van der Waals surface area contributed by atoms with Gasteiger partial charge in [-0.1, -0.05) is 6.92 Å². The quantitative estimate of drug-likeness (QED) is 0.766. The van der Waals surface area contributed by atoms with Crippen molar-refractivity contribution in [1.29, 1.82) is 0 Å². The van der Waals surface area contributed by atoms with E-state index in [4.69, 9.17) is 4.74 Å². The van der Waals surface area contributed by atoms with Gasteiger partial charge in [0.15, 0.2) is 5.78 Å².